The zero-order valence-electron chi connectivity index (χ0n) is 11.0. The Bertz CT molecular complexity index is 727. The van der Waals surface area contributed by atoms with E-state index in [1.54, 1.807) is 0 Å². The summed E-state index contributed by atoms with van der Waals surface area (Å²) < 4.78 is 42.9. The van der Waals surface area contributed by atoms with Crippen LogP contribution in [0.4, 0.5) is 18.9 Å². The lowest BCUT2D eigenvalue weighted by molar-refractivity contribution is -0.145. The van der Waals surface area contributed by atoms with E-state index in [-0.39, 0.29) is 17.5 Å². The van der Waals surface area contributed by atoms with Gasteiger partial charge in [0.05, 0.1) is 25.0 Å². The van der Waals surface area contributed by atoms with E-state index < -0.39 is 12.0 Å². The van der Waals surface area contributed by atoms with Gasteiger partial charge >= 0.3 is 6.18 Å². The molecule has 1 aliphatic heterocycles. The molecule has 0 radical (unpaired) electrons. The molecule has 1 fully saturated rings. The minimum Gasteiger partial charge on any atom is -0.470 e. The number of aromatic amines is 1. The molecule has 2 aromatic rings. The number of halogens is 3. The van der Waals surface area contributed by atoms with Crippen molar-refractivity contribution in [2.45, 2.75) is 12.3 Å². The van der Waals surface area contributed by atoms with Crippen LogP contribution in [0.2, 0.25) is 0 Å². The fraction of sp³-hybridized carbons (Fsp3) is 0.333. The second-order valence-electron chi connectivity index (χ2n) is 4.66. The minimum atomic E-state index is -4.61. The molecule has 116 valence electrons. The molecular weight excluding hydrogens is 303 g/mol. The molecule has 3 rings (SSSR count). The number of nitrogens with zero attached hydrogens (tertiary/aromatic N) is 4. The van der Waals surface area contributed by atoms with Gasteiger partial charge in [-0.1, -0.05) is 0 Å². The van der Waals surface area contributed by atoms with Crippen molar-refractivity contribution in [3.8, 4) is 5.88 Å². The number of ether oxygens (including phenoxy) is 1. The number of hydrogen-bond acceptors (Lipinski definition) is 6. The Hall–Kier alpha value is -2.65. The summed E-state index contributed by atoms with van der Waals surface area (Å²) in [6.07, 6.45) is -2.43. The van der Waals surface area contributed by atoms with Crippen LogP contribution in [0.3, 0.4) is 0 Å². The molecule has 0 amide bonds. The molecule has 0 spiro atoms. The first-order valence-electron chi connectivity index (χ1n) is 6.28. The average molecular weight is 313 g/mol. The summed E-state index contributed by atoms with van der Waals surface area (Å²) in [5.74, 6) is -1.36. The number of aromatic nitrogens is 4. The number of anilines is 1. The summed E-state index contributed by atoms with van der Waals surface area (Å²) in [6.45, 7) is 0.854. The van der Waals surface area contributed by atoms with Gasteiger partial charge in [0.2, 0.25) is 11.7 Å². The molecule has 0 saturated carbocycles. The Labute approximate surface area is 121 Å². The molecule has 1 N–H and O–H groups in total. The zero-order chi connectivity index (χ0) is 15.7. The predicted octanol–water partition coefficient (Wildman–Crippen LogP) is 0.846. The van der Waals surface area contributed by atoms with Crippen molar-refractivity contribution in [3.63, 3.8) is 0 Å². The first-order chi connectivity index (χ1) is 10.4. The monoisotopic (exact) mass is 313 g/mol. The van der Waals surface area contributed by atoms with Gasteiger partial charge in [-0.2, -0.15) is 23.3 Å². The lowest BCUT2D eigenvalue weighted by atomic mass is 10.1. The molecule has 0 bridgehead atoms. The van der Waals surface area contributed by atoms with Crippen LogP contribution in [0, 0.1) is 0 Å². The summed E-state index contributed by atoms with van der Waals surface area (Å²) in [5, 5.41) is 5.93. The van der Waals surface area contributed by atoms with E-state index in [1.807, 2.05) is 4.90 Å². The lowest BCUT2D eigenvalue weighted by Gasteiger charge is -2.39. The molecule has 0 unspecified atom stereocenters. The van der Waals surface area contributed by atoms with Gasteiger partial charge in [-0.3, -0.25) is 4.79 Å². The van der Waals surface area contributed by atoms with Gasteiger partial charge in [-0.25, -0.2) is 10.1 Å². The Morgan fingerprint density at radius 2 is 2.14 bits per heavy atom. The third-order valence-electron chi connectivity index (χ3n) is 3.03. The van der Waals surface area contributed by atoms with Gasteiger partial charge in [0.1, 0.15) is 6.10 Å². The third-order valence-corrected chi connectivity index (χ3v) is 3.03. The van der Waals surface area contributed by atoms with Crippen LogP contribution in [-0.2, 0) is 6.18 Å². The van der Waals surface area contributed by atoms with Crippen LogP contribution < -0.4 is 15.2 Å². The molecule has 3 heterocycles. The second-order valence-corrected chi connectivity index (χ2v) is 4.66. The maximum atomic E-state index is 12.5. The van der Waals surface area contributed by atoms with E-state index in [2.05, 4.69) is 20.2 Å². The molecule has 2 aromatic heterocycles. The van der Waals surface area contributed by atoms with Gasteiger partial charge in [-0.05, 0) is 0 Å². The van der Waals surface area contributed by atoms with Crippen molar-refractivity contribution in [1.29, 1.82) is 0 Å². The largest absolute Gasteiger partial charge is 0.470 e. The molecule has 1 saturated heterocycles. The molecule has 0 atom stereocenters. The maximum Gasteiger partial charge on any atom is 0.451 e. The van der Waals surface area contributed by atoms with E-state index in [9.17, 15) is 18.0 Å². The fourth-order valence-electron chi connectivity index (χ4n) is 1.98. The Kier molecular flexibility index (Phi) is 3.43. The highest BCUT2D eigenvalue weighted by Crippen LogP contribution is 2.27. The zero-order valence-corrected chi connectivity index (χ0v) is 11.0. The summed E-state index contributed by atoms with van der Waals surface area (Å²) in [5.41, 5.74) is 0.301. The van der Waals surface area contributed by atoms with E-state index in [1.165, 1.54) is 18.3 Å². The fourth-order valence-corrected chi connectivity index (χ4v) is 1.98. The number of nitrogens with one attached hydrogen (secondary N) is 1. The number of H-pyrrole nitrogens is 1. The Morgan fingerprint density at radius 3 is 2.82 bits per heavy atom. The van der Waals surface area contributed by atoms with Crippen LogP contribution in [0.25, 0.3) is 0 Å². The second kappa shape index (κ2) is 5.28. The van der Waals surface area contributed by atoms with Crippen molar-refractivity contribution < 1.29 is 17.9 Å². The average Bonchev–Trinajstić information content (AvgIpc) is 2.42. The highest BCUT2D eigenvalue weighted by atomic mass is 19.4. The first-order valence-corrected chi connectivity index (χ1v) is 6.28. The topological polar surface area (TPSA) is 84.0 Å². The number of rotatable bonds is 3. The van der Waals surface area contributed by atoms with Crippen molar-refractivity contribution in [2.75, 3.05) is 18.0 Å². The minimum absolute atomic E-state index is 0.129. The van der Waals surface area contributed by atoms with Crippen molar-refractivity contribution in [3.05, 3.63) is 40.7 Å². The summed E-state index contributed by atoms with van der Waals surface area (Å²) in [7, 11) is 0. The number of hydrogen-bond donors (Lipinski definition) is 1. The van der Waals surface area contributed by atoms with Crippen molar-refractivity contribution in [1.82, 2.24) is 20.2 Å². The van der Waals surface area contributed by atoms with Gasteiger partial charge in [0.25, 0.3) is 5.56 Å². The van der Waals surface area contributed by atoms with Crippen LogP contribution in [0.1, 0.15) is 5.82 Å². The summed E-state index contributed by atoms with van der Waals surface area (Å²) in [4.78, 5) is 19.5. The van der Waals surface area contributed by atoms with E-state index in [4.69, 9.17) is 4.74 Å². The Morgan fingerprint density at radius 1 is 1.36 bits per heavy atom. The molecule has 1 aliphatic rings. The summed E-state index contributed by atoms with van der Waals surface area (Å²) in [6, 6.07) is 2.66. The molecule has 22 heavy (non-hydrogen) atoms. The molecule has 0 aromatic carbocycles. The SMILES string of the molecule is O=c1cc(N2CC(Oc3ccnc(C(F)(F)F)n3)C2)cn[nH]1. The van der Waals surface area contributed by atoms with E-state index >= 15 is 0 Å². The smallest absolute Gasteiger partial charge is 0.451 e. The summed E-state index contributed by atoms with van der Waals surface area (Å²) >= 11 is 0. The Balaban J connectivity index is 1.62. The van der Waals surface area contributed by atoms with Crippen molar-refractivity contribution in [2.24, 2.45) is 0 Å². The van der Waals surface area contributed by atoms with Crippen LogP contribution >= 0.6 is 0 Å². The van der Waals surface area contributed by atoms with Crippen LogP contribution in [0.5, 0.6) is 5.88 Å². The quantitative estimate of drug-likeness (QED) is 0.904. The molecule has 0 aliphatic carbocycles. The molecular formula is C12H10F3N5O2. The lowest BCUT2D eigenvalue weighted by Crippen LogP contribution is -2.54. The standard InChI is InChI=1S/C12H10F3N5O2/c13-12(14,15)11-16-2-1-10(18-11)22-8-5-20(6-8)7-3-9(21)19-17-4-7/h1-4,8H,5-6H2,(H,19,21). The van der Waals surface area contributed by atoms with Crippen molar-refractivity contribution >= 4 is 5.69 Å². The van der Waals surface area contributed by atoms with Crippen LogP contribution in [-0.4, -0.2) is 39.4 Å². The normalized spacial score (nSPS) is 15.5. The third kappa shape index (κ3) is 3.00. The van der Waals surface area contributed by atoms with Gasteiger partial charge < -0.3 is 9.64 Å². The van der Waals surface area contributed by atoms with E-state index in [0.717, 1.165) is 6.20 Å². The maximum absolute atomic E-state index is 12.5. The highest BCUT2D eigenvalue weighted by molar-refractivity contribution is 5.46. The highest BCUT2D eigenvalue weighted by Gasteiger charge is 2.35. The van der Waals surface area contributed by atoms with Gasteiger partial charge in [0, 0.05) is 18.3 Å². The first kappa shape index (κ1) is 14.3. The number of alkyl halides is 3. The van der Waals surface area contributed by atoms with Gasteiger partial charge in [0.15, 0.2) is 0 Å². The molecule has 10 heteroatoms. The van der Waals surface area contributed by atoms with Crippen LogP contribution in [0.15, 0.2) is 29.3 Å². The predicted molar refractivity (Wildman–Crippen MR) is 68.5 cm³/mol. The van der Waals surface area contributed by atoms with E-state index in [0.29, 0.717) is 18.8 Å². The molecule has 7 nitrogen and oxygen atoms in total. The van der Waals surface area contributed by atoms with Gasteiger partial charge in [-0.15, -0.1) is 0 Å².